The Hall–Kier alpha value is -0.120. The summed E-state index contributed by atoms with van der Waals surface area (Å²) in [6.45, 7) is 7.78. The van der Waals surface area contributed by atoms with Crippen LogP contribution in [-0.4, -0.2) is 41.5 Å². The summed E-state index contributed by atoms with van der Waals surface area (Å²) in [6, 6.07) is 0. The number of morpholine rings is 1. The first-order valence-electron chi connectivity index (χ1n) is 4.71. The van der Waals surface area contributed by atoms with Gasteiger partial charge in [0.25, 0.3) is 0 Å². The lowest BCUT2D eigenvalue weighted by Crippen LogP contribution is -2.49. The molecule has 0 radical (unpaired) electrons. The maximum Gasteiger partial charge on any atom is 0.107 e. The van der Waals surface area contributed by atoms with Crippen molar-refractivity contribution < 1.29 is 9.84 Å². The summed E-state index contributed by atoms with van der Waals surface area (Å²) < 4.78 is 5.56. The Labute approximate surface area is 74.3 Å². The van der Waals surface area contributed by atoms with Gasteiger partial charge in [-0.1, -0.05) is 6.92 Å². The molecule has 0 aromatic carbocycles. The van der Waals surface area contributed by atoms with Gasteiger partial charge in [-0.2, -0.15) is 0 Å². The minimum atomic E-state index is -0.293. The van der Waals surface area contributed by atoms with Crippen molar-refractivity contribution in [2.24, 2.45) is 0 Å². The molecule has 0 aromatic heterocycles. The van der Waals surface area contributed by atoms with Gasteiger partial charge in [-0.15, -0.1) is 0 Å². The smallest absolute Gasteiger partial charge is 0.107 e. The molecule has 3 nitrogen and oxygen atoms in total. The van der Waals surface area contributed by atoms with Gasteiger partial charge in [-0.25, -0.2) is 0 Å². The van der Waals surface area contributed by atoms with Gasteiger partial charge in [-0.05, 0) is 20.3 Å². The van der Waals surface area contributed by atoms with E-state index in [9.17, 15) is 5.11 Å². The van der Waals surface area contributed by atoms with Crippen LogP contribution in [0.1, 0.15) is 27.2 Å². The number of ether oxygens (including phenoxy) is 1. The van der Waals surface area contributed by atoms with Gasteiger partial charge in [0, 0.05) is 13.1 Å². The zero-order chi connectivity index (χ0) is 9.14. The van der Waals surface area contributed by atoms with Crippen LogP contribution in [0.4, 0.5) is 0 Å². The molecule has 0 aromatic rings. The zero-order valence-electron chi connectivity index (χ0n) is 8.16. The van der Waals surface area contributed by atoms with E-state index in [4.69, 9.17) is 4.74 Å². The van der Waals surface area contributed by atoms with Crippen LogP contribution in [0.5, 0.6) is 0 Å². The molecule has 0 bridgehead atoms. The first-order valence-corrected chi connectivity index (χ1v) is 4.71. The van der Waals surface area contributed by atoms with E-state index in [1.54, 1.807) is 0 Å². The van der Waals surface area contributed by atoms with Crippen LogP contribution in [0.2, 0.25) is 0 Å². The fourth-order valence-electron chi connectivity index (χ4n) is 1.72. The molecule has 1 rings (SSSR count). The first kappa shape index (κ1) is 9.96. The van der Waals surface area contributed by atoms with Gasteiger partial charge in [0.15, 0.2) is 0 Å². The molecule has 0 aliphatic carbocycles. The average Bonchev–Trinajstić information content (AvgIpc) is 2.01. The van der Waals surface area contributed by atoms with E-state index in [1.807, 2.05) is 20.8 Å². The lowest BCUT2D eigenvalue weighted by Gasteiger charge is -2.37. The van der Waals surface area contributed by atoms with Crippen molar-refractivity contribution in [3.05, 3.63) is 0 Å². The van der Waals surface area contributed by atoms with E-state index in [0.717, 1.165) is 19.5 Å². The summed E-state index contributed by atoms with van der Waals surface area (Å²) in [5, 5.41) is 9.59. The predicted molar refractivity (Wildman–Crippen MR) is 47.9 cm³/mol. The Morgan fingerprint density at radius 3 is 2.33 bits per heavy atom. The van der Waals surface area contributed by atoms with Crippen molar-refractivity contribution in [3.63, 3.8) is 0 Å². The SMILES string of the molecule is CCC(O)N1CC(C)OC(C)C1. The fraction of sp³-hybridized carbons (Fsp3) is 1.00. The molecule has 0 spiro atoms. The minimum Gasteiger partial charge on any atom is -0.378 e. The highest BCUT2D eigenvalue weighted by Gasteiger charge is 2.25. The molecule has 1 aliphatic rings. The van der Waals surface area contributed by atoms with Crippen molar-refractivity contribution in [1.29, 1.82) is 0 Å². The van der Waals surface area contributed by atoms with Crippen molar-refractivity contribution in [1.82, 2.24) is 4.90 Å². The Bertz CT molecular complexity index is 130. The summed E-state index contributed by atoms with van der Waals surface area (Å²) >= 11 is 0. The lowest BCUT2D eigenvalue weighted by atomic mass is 10.2. The molecule has 72 valence electrons. The standard InChI is InChI=1S/C9H19NO2/c1-4-9(11)10-5-7(2)12-8(3)6-10/h7-9,11H,4-6H2,1-3H3. The van der Waals surface area contributed by atoms with Gasteiger partial charge in [0.05, 0.1) is 12.2 Å². The van der Waals surface area contributed by atoms with Crippen LogP contribution in [0.3, 0.4) is 0 Å². The number of hydrogen-bond acceptors (Lipinski definition) is 3. The molecule has 1 N–H and O–H groups in total. The Balaban J connectivity index is 2.43. The first-order chi connectivity index (χ1) is 5.63. The topological polar surface area (TPSA) is 32.7 Å². The maximum atomic E-state index is 9.59. The summed E-state index contributed by atoms with van der Waals surface area (Å²) in [4.78, 5) is 2.08. The molecule has 1 aliphatic heterocycles. The molecular formula is C9H19NO2. The van der Waals surface area contributed by atoms with Crippen molar-refractivity contribution in [3.8, 4) is 0 Å². The van der Waals surface area contributed by atoms with Gasteiger partial charge in [0.2, 0.25) is 0 Å². The summed E-state index contributed by atoms with van der Waals surface area (Å²) in [5.41, 5.74) is 0. The van der Waals surface area contributed by atoms with E-state index < -0.39 is 0 Å². The molecule has 1 saturated heterocycles. The van der Waals surface area contributed by atoms with Crippen LogP contribution in [0.25, 0.3) is 0 Å². The molecule has 3 atom stereocenters. The highest BCUT2D eigenvalue weighted by molar-refractivity contribution is 4.74. The van der Waals surface area contributed by atoms with Crippen LogP contribution in [0.15, 0.2) is 0 Å². The lowest BCUT2D eigenvalue weighted by molar-refractivity contribution is -0.120. The largest absolute Gasteiger partial charge is 0.378 e. The van der Waals surface area contributed by atoms with Gasteiger partial charge in [0.1, 0.15) is 6.23 Å². The average molecular weight is 173 g/mol. The molecule has 0 saturated carbocycles. The third-order valence-electron chi connectivity index (χ3n) is 2.23. The summed E-state index contributed by atoms with van der Waals surface area (Å²) in [5.74, 6) is 0. The number of aliphatic hydroxyl groups is 1. The zero-order valence-corrected chi connectivity index (χ0v) is 8.16. The quantitative estimate of drug-likeness (QED) is 0.671. The van der Waals surface area contributed by atoms with Crippen LogP contribution >= 0.6 is 0 Å². The molecule has 0 amide bonds. The third-order valence-corrected chi connectivity index (χ3v) is 2.23. The molecule has 3 unspecified atom stereocenters. The number of rotatable bonds is 2. The Morgan fingerprint density at radius 1 is 1.42 bits per heavy atom. The fourth-order valence-corrected chi connectivity index (χ4v) is 1.72. The molecular weight excluding hydrogens is 154 g/mol. The van der Waals surface area contributed by atoms with Crippen molar-refractivity contribution in [2.45, 2.75) is 45.6 Å². The van der Waals surface area contributed by atoms with Gasteiger partial charge >= 0.3 is 0 Å². The molecule has 1 fully saturated rings. The highest BCUT2D eigenvalue weighted by Crippen LogP contribution is 2.13. The summed E-state index contributed by atoms with van der Waals surface area (Å²) in [7, 11) is 0. The Kier molecular flexibility index (Phi) is 3.50. The predicted octanol–water partition coefficient (Wildman–Crippen LogP) is 0.824. The van der Waals surface area contributed by atoms with Gasteiger partial charge < -0.3 is 9.84 Å². The molecule has 12 heavy (non-hydrogen) atoms. The van der Waals surface area contributed by atoms with E-state index >= 15 is 0 Å². The number of nitrogens with zero attached hydrogens (tertiary/aromatic N) is 1. The second-order valence-corrected chi connectivity index (χ2v) is 3.60. The maximum absolute atomic E-state index is 9.59. The van der Waals surface area contributed by atoms with Crippen molar-refractivity contribution >= 4 is 0 Å². The van der Waals surface area contributed by atoms with E-state index in [1.165, 1.54) is 0 Å². The number of hydrogen-bond donors (Lipinski definition) is 1. The van der Waals surface area contributed by atoms with Crippen molar-refractivity contribution in [2.75, 3.05) is 13.1 Å². The van der Waals surface area contributed by atoms with E-state index in [-0.39, 0.29) is 18.4 Å². The van der Waals surface area contributed by atoms with Crippen LogP contribution in [-0.2, 0) is 4.74 Å². The van der Waals surface area contributed by atoms with E-state index in [0.29, 0.717) is 0 Å². The van der Waals surface area contributed by atoms with Gasteiger partial charge in [-0.3, -0.25) is 4.90 Å². The second-order valence-electron chi connectivity index (χ2n) is 3.60. The van der Waals surface area contributed by atoms with Crippen LogP contribution in [0, 0.1) is 0 Å². The Morgan fingerprint density at radius 2 is 1.92 bits per heavy atom. The number of aliphatic hydroxyl groups excluding tert-OH is 1. The minimum absolute atomic E-state index is 0.245. The van der Waals surface area contributed by atoms with E-state index in [2.05, 4.69) is 4.90 Å². The molecule has 1 heterocycles. The third kappa shape index (κ3) is 2.44. The second kappa shape index (κ2) is 4.21. The normalized spacial score (nSPS) is 35.0. The van der Waals surface area contributed by atoms with Crippen LogP contribution < -0.4 is 0 Å². The highest BCUT2D eigenvalue weighted by atomic mass is 16.5. The summed E-state index contributed by atoms with van der Waals surface area (Å²) in [6.07, 6.45) is 0.989. The molecule has 3 heteroatoms. The monoisotopic (exact) mass is 173 g/mol.